The number of hydrogen-bond donors (Lipinski definition) is 2. The summed E-state index contributed by atoms with van der Waals surface area (Å²) in [5.74, 6) is 0.705. The molecule has 13 heavy (non-hydrogen) atoms. The minimum Gasteiger partial charge on any atom is -0.396 e. The third-order valence-corrected chi connectivity index (χ3v) is 2.09. The molecule has 0 rings (SSSR count). The van der Waals surface area contributed by atoms with Crippen molar-refractivity contribution in [3.8, 4) is 0 Å². The second-order valence-corrected chi connectivity index (χ2v) is 4.11. The Kier molecular flexibility index (Phi) is 7.23. The highest BCUT2D eigenvalue weighted by atomic mass is 16.3. The number of rotatable bonds is 7. The fourth-order valence-electron chi connectivity index (χ4n) is 1.56. The molecule has 3 heteroatoms. The van der Waals surface area contributed by atoms with Gasteiger partial charge in [0.05, 0.1) is 0 Å². The van der Waals surface area contributed by atoms with E-state index in [0.717, 1.165) is 19.5 Å². The summed E-state index contributed by atoms with van der Waals surface area (Å²) in [7, 11) is 4.07. The average Bonchev–Trinajstić information content (AvgIpc) is 2.02. The van der Waals surface area contributed by atoms with Crippen LogP contribution >= 0.6 is 0 Å². The third-order valence-electron chi connectivity index (χ3n) is 2.09. The van der Waals surface area contributed by atoms with E-state index in [-0.39, 0.29) is 6.61 Å². The lowest BCUT2D eigenvalue weighted by Crippen LogP contribution is -2.39. The number of aliphatic hydroxyl groups is 1. The van der Waals surface area contributed by atoms with Gasteiger partial charge in [-0.25, -0.2) is 0 Å². The van der Waals surface area contributed by atoms with Crippen LogP contribution in [0.4, 0.5) is 0 Å². The largest absolute Gasteiger partial charge is 0.396 e. The van der Waals surface area contributed by atoms with Gasteiger partial charge in [0.1, 0.15) is 0 Å². The van der Waals surface area contributed by atoms with Gasteiger partial charge in [0, 0.05) is 25.7 Å². The van der Waals surface area contributed by atoms with E-state index in [2.05, 4.69) is 31.1 Å². The van der Waals surface area contributed by atoms with Gasteiger partial charge in [-0.1, -0.05) is 13.8 Å². The minimum atomic E-state index is 0.265. The van der Waals surface area contributed by atoms with E-state index >= 15 is 0 Å². The lowest BCUT2D eigenvalue weighted by atomic mass is 10.1. The lowest BCUT2D eigenvalue weighted by Gasteiger charge is -2.24. The molecule has 0 aliphatic rings. The summed E-state index contributed by atoms with van der Waals surface area (Å²) in [6.07, 6.45) is 0.832. The summed E-state index contributed by atoms with van der Waals surface area (Å²) >= 11 is 0. The first-order valence-electron chi connectivity index (χ1n) is 5.06. The summed E-state index contributed by atoms with van der Waals surface area (Å²) in [5, 5.41) is 12.0. The van der Waals surface area contributed by atoms with Gasteiger partial charge in [-0.15, -0.1) is 0 Å². The van der Waals surface area contributed by atoms with Crippen molar-refractivity contribution in [3.05, 3.63) is 0 Å². The summed E-state index contributed by atoms with van der Waals surface area (Å²) in [5.41, 5.74) is 0. The Hall–Kier alpha value is -0.120. The second kappa shape index (κ2) is 7.30. The van der Waals surface area contributed by atoms with E-state index in [1.165, 1.54) is 0 Å². The van der Waals surface area contributed by atoms with Crippen LogP contribution in [0.15, 0.2) is 0 Å². The van der Waals surface area contributed by atoms with Crippen molar-refractivity contribution < 1.29 is 5.11 Å². The van der Waals surface area contributed by atoms with Gasteiger partial charge in [-0.05, 0) is 26.4 Å². The molecule has 0 fully saturated rings. The first kappa shape index (κ1) is 12.9. The van der Waals surface area contributed by atoms with Crippen LogP contribution in [0.25, 0.3) is 0 Å². The maximum absolute atomic E-state index is 8.80. The molecule has 0 saturated carbocycles. The monoisotopic (exact) mass is 188 g/mol. The van der Waals surface area contributed by atoms with E-state index in [9.17, 15) is 0 Å². The van der Waals surface area contributed by atoms with E-state index in [1.807, 2.05) is 7.05 Å². The van der Waals surface area contributed by atoms with Gasteiger partial charge < -0.3 is 15.3 Å². The SMILES string of the molecule is CNC(CCO)CN(C)CC(C)C. The van der Waals surface area contributed by atoms with Gasteiger partial charge in [-0.3, -0.25) is 0 Å². The molecule has 0 heterocycles. The quantitative estimate of drug-likeness (QED) is 0.612. The smallest absolute Gasteiger partial charge is 0.0446 e. The van der Waals surface area contributed by atoms with E-state index < -0.39 is 0 Å². The van der Waals surface area contributed by atoms with Gasteiger partial charge in [0.15, 0.2) is 0 Å². The molecule has 0 aromatic carbocycles. The Bertz CT molecular complexity index is 117. The van der Waals surface area contributed by atoms with Crippen LogP contribution in [0.3, 0.4) is 0 Å². The van der Waals surface area contributed by atoms with Crippen LogP contribution in [0.5, 0.6) is 0 Å². The summed E-state index contributed by atoms with van der Waals surface area (Å²) in [6, 6.07) is 0.411. The molecule has 0 amide bonds. The topological polar surface area (TPSA) is 35.5 Å². The van der Waals surface area contributed by atoms with Crippen molar-refractivity contribution in [2.75, 3.05) is 33.8 Å². The Morgan fingerprint density at radius 2 is 1.92 bits per heavy atom. The normalized spacial score (nSPS) is 14.1. The predicted octanol–water partition coefficient (Wildman–Crippen LogP) is 0.545. The van der Waals surface area contributed by atoms with Crippen LogP contribution in [0.1, 0.15) is 20.3 Å². The first-order valence-corrected chi connectivity index (χ1v) is 5.06. The van der Waals surface area contributed by atoms with Crippen molar-refractivity contribution in [2.24, 2.45) is 5.92 Å². The lowest BCUT2D eigenvalue weighted by molar-refractivity contribution is 0.223. The molecule has 3 nitrogen and oxygen atoms in total. The summed E-state index contributed by atoms with van der Waals surface area (Å²) < 4.78 is 0. The zero-order chi connectivity index (χ0) is 10.3. The number of nitrogens with one attached hydrogen (secondary N) is 1. The van der Waals surface area contributed by atoms with Crippen LogP contribution in [0, 0.1) is 5.92 Å². The maximum Gasteiger partial charge on any atom is 0.0446 e. The fraction of sp³-hybridized carbons (Fsp3) is 1.00. The third kappa shape index (κ3) is 6.99. The van der Waals surface area contributed by atoms with Crippen LogP contribution in [-0.4, -0.2) is 49.8 Å². The second-order valence-electron chi connectivity index (χ2n) is 4.11. The molecular formula is C10H24N2O. The van der Waals surface area contributed by atoms with E-state index in [0.29, 0.717) is 12.0 Å². The molecule has 2 N–H and O–H groups in total. The molecule has 0 aliphatic heterocycles. The summed E-state index contributed by atoms with van der Waals surface area (Å²) in [4.78, 5) is 2.31. The highest BCUT2D eigenvalue weighted by Gasteiger charge is 2.09. The van der Waals surface area contributed by atoms with Crippen molar-refractivity contribution in [1.82, 2.24) is 10.2 Å². The molecule has 0 bridgehead atoms. The standard InChI is InChI=1S/C10H24N2O/c1-9(2)7-12(4)8-10(11-3)5-6-13/h9-11,13H,5-8H2,1-4H3. The summed E-state index contributed by atoms with van der Waals surface area (Å²) in [6.45, 7) is 6.83. The molecule has 0 aromatic rings. The fourth-order valence-corrected chi connectivity index (χ4v) is 1.56. The molecule has 0 aromatic heterocycles. The van der Waals surface area contributed by atoms with Crippen LogP contribution in [-0.2, 0) is 0 Å². The van der Waals surface area contributed by atoms with Gasteiger partial charge >= 0.3 is 0 Å². The molecule has 80 valence electrons. The van der Waals surface area contributed by atoms with Crippen molar-refractivity contribution >= 4 is 0 Å². The maximum atomic E-state index is 8.80. The van der Waals surface area contributed by atoms with Crippen molar-refractivity contribution in [3.63, 3.8) is 0 Å². The Balaban J connectivity index is 3.65. The average molecular weight is 188 g/mol. The van der Waals surface area contributed by atoms with E-state index in [1.54, 1.807) is 0 Å². The molecule has 0 radical (unpaired) electrons. The highest BCUT2D eigenvalue weighted by molar-refractivity contribution is 4.68. The van der Waals surface area contributed by atoms with Gasteiger partial charge in [0.25, 0.3) is 0 Å². The van der Waals surface area contributed by atoms with Gasteiger partial charge in [-0.2, -0.15) is 0 Å². The highest BCUT2D eigenvalue weighted by Crippen LogP contribution is 1.99. The number of aliphatic hydroxyl groups excluding tert-OH is 1. The zero-order valence-electron chi connectivity index (χ0n) is 9.38. The minimum absolute atomic E-state index is 0.265. The molecule has 0 spiro atoms. The van der Waals surface area contributed by atoms with Crippen molar-refractivity contribution in [1.29, 1.82) is 0 Å². The van der Waals surface area contributed by atoms with Crippen molar-refractivity contribution in [2.45, 2.75) is 26.3 Å². The number of likely N-dealkylation sites (N-methyl/N-ethyl adjacent to an activating group) is 2. The molecule has 1 atom stereocenters. The molecule has 0 aliphatic carbocycles. The molecule has 1 unspecified atom stereocenters. The Morgan fingerprint density at radius 3 is 2.31 bits per heavy atom. The number of nitrogens with zero attached hydrogens (tertiary/aromatic N) is 1. The Labute approximate surface area is 82.1 Å². The van der Waals surface area contributed by atoms with E-state index in [4.69, 9.17) is 5.11 Å². The van der Waals surface area contributed by atoms with Crippen LogP contribution < -0.4 is 5.32 Å². The van der Waals surface area contributed by atoms with Crippen LogP contribution in [0.2, 0.25) is 0 Å². The Morgan fingerprint density at radius 1 is 1.31 bits per heavy atom. The van der Waals surface area contributed by atoms with Gasteiger partial charge in [0.2, 0.25) is 0 Å². The first-order chi connectivity index (χ1) is 6.10. The number of hydrogen-bond acceptors (Lipinski definition) is 3. The predicted molar refractivity (Wildman–Crippen MR) is 56.9 cm³/mol. The molecule has 0 saturated heterocycles. The zero-order valence-corrected chi connectivity index (χ0v) is 9.38. The molecular weight excluding hydrogens is 164 g/mol.